The molecule has 1 aromatic rings. The normalized spacial score (nSPS) is 14.5. The number of benzene rings is 1. The summed E-state index contributed by atoms with van der Waals surface area (Å²) in [5.41, 5.74) is 7.58. The Morgan fingerprint density at radius 3 is 2.47 bits per heavy atom. The van der Waals surface area contributed by atoms with Gasteiger partial charge in [0.25, 0.3) is 0 Å². The molecule has 0 amide bonds. The second kappa shape index (κ2) is 7.48. The van der Waals surface area contributed by atoms with Crippen LogP contribution in [0.15, 0.2) is 18.2 Å². The number of anilines is 2. The minimum atomic E-state index is 0. The van der Waals surface area contributed by atoms with Crippen molar-refractivity contribution >= 4 is 36.2 Å². The van der Waals surface area contributed by atoms with E-state index in [0.717, 1.165) is 37.7 Å². The maximum Gasteiger partial charge on any atom is 0.143 e. The monoisotopic (exact) mass is 280 g/mol. The zero-order valence-electron chi connectivity index (χ0n) is 9.72. The number of ether oxygens (including phenoxy) is 2. The van der Waals surface area contributed by atoms with Crippen LogP contribution in [-0.4, -0.2) is 33.4 Å². The van der Waals surface area contributed by atoms with Gasteiger partial charge in [0.05, 0.1) is 26.0 Å². The molecule has 1 aliphatic rings. The summed E-state index contributed by atoms with van der Waals surface area (Å²) in [6, 6.07) is 5.87. The summed E-state index contributed by atoms with van der Waals surface area (Å²) in [6.07, 6.45) is 0. The Labute approximate surface area is 114 Å². The van der Waals surface area contributed by atoms with Crippen molar-refractivity contribution in [2.75, 3.05) is 44.0 Å². The van der Waals surface area contributed by atoms with Crippen LogP contribution in [0.25, 0.3) is 0 Å². The van der Waals surface area contributed by atoms with E-state index in [1.165, 1.54) is 0 Å². The number of halogens is 2. The first kappa shape index (κ1) is 16.2. The molecule has 0 unspecified atom stereocenters. The van der Waals surface area contributed by atoms with Gasteiger partial charge in [-0.25, -0.2) is 0 Å². The maximum absolute atomic E-state index is 5.76. The molecule has 1 heterocycles. The minimum Gasteiger partial charge on any atom is -0.495 e. The highest BCUT2D eigenvalue weighted by atomic mass is 35.5. The number of nitrogens with two attached hydrogens (primary N) is 1. The minimum absolute atomic E-state index is 0. The van der Waals surface area contributed by atoms with E-state index < -0.39 is 0 Å². The van der Waals surface area contributed by atoms with E-state index in [0.29, 0.717) is 5.69 Å². The first-order chi connectivity index (χ1) is 7.31. The fourth-order valence-electron chi connectivity index (χ4n) is 1.72. The van der Waals surface area contributed by atoms with E-state index in [4.69, 9.17) is 15.2 Å². The topological polar surface area (TPSA) is 47.7 Å². The number of nitrogen functional groups attached to an aromatic ring is 1. The van der Waals surface area contributed by atoms with Crippen LogP contribution in [0.4, 0.5) is 11.4 Å². The number of methoxy groups -OCH3 is 1. The standard InChI is InChI=1S/C11H16N2O2.2ClH/c1-14-11-8-9(2-3-10(11)12)13-4-6-15-7-5-13;;/h2-3,8H,4-7,12H2,1H3;2*1H. The Morgan fingerprint density at radius 2 is 1.88 bits per heavy atom. The molecule has 0 aliphatic carbocycles. The number of nitrogens with zero attached hydrogens (tertiary/aromatic N) is 1. The van der Waals surface area contributed by atoms with Crippen LogP contribution < -0.4 is 15.4 Å². The number of rotatable bonds is 2. The van der Waals surface area contributed by atoms with Gasteiger partial charge in [0, 0.05) is 24.8 Å². The lowest BCUT2D eigenvalue weighted by Gasteiger charge is -2.29. The Bertz CT molecular complexity index is 344. The predicted molar refractivity (Wildman–Crippen MR) is 74.9 cm³/mol. The molecule has 17 heavy (non-hydrogen) atoms. The molecule has 1 fully saturated rings. The van der Waals surface area contributed by atoms with Crippen molar-refractivity contribution in [2.24, 2.45) is 0 Å². The first-order valence-corrected chi connectivity index (χ1v) is 5.07. The predicted octanol–water partition coefficient (Wildman–Crippen LogP) is 1.96. The van der Waals surface area contributed by atoms with Gasteiger partial charge in [0.1, 0.15) is 5.75 Å². The Hall–Kier alpha value is -0.840. The van der Waals surface area contributed by atoms with Crippen LogP contribution >= 0.6 is 24.8 Å². The Kier molecular flexibility index (Phi) is 7.11. The SMILES string of the molecule is COc1cc(N2CCOCC2)ccc1N.Cl.Cl. The molecule has 0 saturated carbocycles. The molecule has 98 valence electrons. The lowest BCUT2D eigenvalue weighted by atomic mass is 10.2. The third-order valence-corrected chi connectivity index (χ3v) is 2.59. The molecule has 2 rings (SSSR count). The average molecular weight is 281 g/mol. The van der Waals surface area contributed by atoms with E-state index in [1.54, 1.807) is 7.11 Å². The Balaban J connectivity index is 0.00000128. The summed E-state index contributed by atoms with van der Waals surface area (Å²) in [5, 5.41) is 0. The van der Waals surface area contributed by atoms with Crippen LogP contribution in [0, 0.1) is 0 Å². The van der Waals surface area contributed by atoms with Crippen LogP contribution in [0.5, 0.6) is 5.75 Å². The highest BCUT2D eigenvalue weighted by molar-refractivity contribution is 5.85. The number of hydrogen-bond donors (Lipinski definition) is 1. The second-order valence-electron chi connectivity index (χ2n) is 3.53. The molecule has 6 heteroatoms. The fourth-order valence-corrected chi connectivity index (χ4v) is 1.72. The smallest absolute Gasteiger partial charge is 0.143 e. The number of morpholine rings is 1. The third-order valence-electron chi connectivity index (χ3n) is 2.59. The molecule has 2 N–H and O–H groups in total. The largest absolute Gasteiger partial charge is 0.495 e. The quantitative estimate of drug-likeness (QED) is 0.842. The fraction of sp³-hybridized carbons (Fsp3) is 0.455. The van der Waals surface area contributed by atoms with E-state index in [-0.39, 0.29) is 24.8 Å². The van der Waals surface area contributed by atoms with Crippen molar-refractivity contribution in [1.29, 1.82) is 0 Å². The van der Waals surface area contributed by atoms with E-state index in [9.17, 15) is 0 Å². The van der Waals surface area contributed by atoms with Crippen molar-refractivity contribution < 1.29 is 9.47 Å². The summed E-state index contributed by atoms with van der Waals surface area (Å²) in [4.78, 5) is 2.27. The summed E-state index contributed by atoms with van der Waals surface area (Å²) in [7, 11) is 1.63. The molecular formula is C11H18Cl2N2O2. The van der Waals surface area contributed by atoms with Crippen molar-refractivity contribution in [1.82, 2.24) is 0 Å². The van der Waals surface area contributed by atoms with E-state index in [2.05, 4.69) is 4.90 Å². The highest BCUT2D eigenvalue weighted by Gasteiger charge is 2.12. The van der Waals surface area contributed by atoms with Crippen LogP contribution in [-0.2, 0) is 4.74 Å². The van der Waals surface area contributed by atoms with Crippen LogP contribution in [0.1, 0.15) is 0 Å². The van der Waals surface area contributed by atoms with E-state index >= 15 is 0 Å². The zero-order valence-corrected chi connectivity index (χ0v) is 11.4. The van der Waals surface area contributed by atoms with Gasteiger partial charge in [-0.3, -0.25) is 0 Å². The third kappa shape index (κ3) is 3.84. The van der Waals surface area contributed by atoms with Gasteiger partial charge in [-0.2, -0.15) is 0 Å². The summed E-state index contributed by atoms with van der Waals surface area (Å²) < 4.78 is 10.5. The molecule has 0 atom stereocenters. The lowest BCUT2D eigenvalue weighted by Crippen LogP contribution is -2.36. The van der Waals surface area contributed by atoms with E-state index in [1.807, 2.05) is 18.2 Å². The van der Waals surface area contributed by atoms with Crippen molar-refractivity contribution in [3.63, 3.8) is 0 Å². The van der Waals surface area contributed by atoms with Crippen LogP contribution in [0.3, 0.4) is 0 Å². The maximum atomic E-state index is 5.76. The Morgan fingerprint density at radius 1 is 1.24 bits per heavy atom. The molecule has 0 aromatic heterocycles. The molecule has 1 aromatic carbocycles. The van der Waals surface area contributed by atoms with Gasteiger partial charge in [0.2, 0.25) is 0 Å². The zero-order chi connectivity index (χ0) is 10.7. The van der Waals surface area contributed by atoms with Gasteiger partial charge < -0.3 is 20.1 Å². The first-order valence-electron chi connectivity index (χ1n) is 5.07. The summed E-state index contributed by atoms with van der Waals surface area (Å²) >= 11 is 0. The summed E-state index contributed by atoms with van der Waals surface area (Å²) in [5.74, 6) is 0.735. The van der Waals surface area contributed by atoms with Crippen molar-refractivity contribution in [3.05, 3.63) is 18.2 Å². The average Bonchev–Trinajstić information content (AvgIpc) is 2.31. The summed E-state index contributed by atoms with van der Waals surface area (Å²) in [6.45, 7) is 3.42. The molecule has 0 spiro atoms. The molecular weight excluding hydrogens is 263 g/mol. The lowest BCUT2D eigenvalue weighted by molar-refractivity contribution is 0.122. The van der Waals surface area contributed by atoms with Crippen molar-refractivity contribution in [3.8, 4) is 5.75 Å². The van der Waals surface area contributed by atoms with Gasteiger partial charge in [-0.1, -0.05) is 0 Å². The van der Waals surface area contributed by atoms with Crippen molar-refractivity contribution in [2.45, 2.75) is 0 Å². The molecule has 4 nitrogen and oxygen atoms in total. The second-order valence-corrected chi connectivity index (χ2v) is 3.53. The molecule has 1 saturated heterocycles. The molecule has 1 aliphatic heterocycles. The highest BCUT2D eigenvalue weighted by Crippen LogP contribution is 2.27. The molecule has 0 radical (unpaired) electrons. The van der Waals surface area contributed by atoms with Gasteiger partial charge in [0.15, 0.2) is 0 Å². The van der Waals surface area contributed by atoms with Gasteiger partial charge in [-0.15, -0.1) is 24.8 Å². The van der Waals surface area contributed by atoms with Crippen LogP contribution in [0.2, 0.25) is 0 Å². The van der Waals surface area contributed by atoms with Gasteiger partial charge >= 0.3 is 0 Å². The molecule has 0 bridgehead atoms. The van der Waals surface area contributed by atoms with Gasteiger partial charge in [-0.05, 0) is 12.1 Å². The number of hydrogen-bond acceptors (Lipinski definition) is 4.